The Morgan fingerprint density at radius 3 is 3.00 bits per heavy atom. The SMILES string of the molecule is CC(OCCC1CCCCN1)c1cnccn1.Cl. The van der Waals surface area contributed by atoms with E-state index in [1.54, 1.807) is 18.6 Å². The van der Waals surface area contributed by atoms with E-state index in [-0.39, 0.29) is 18.5 Å². The van der Waals surface area contributed by atoms with Gasteiger partial charge < -0.3 is 10.1 Å². The molecule has 1 saturated heterocycles. The first kappa shape index (κ1) is 15.3. The van der Waals surface area contributed by atoms with Crippen molar-refractivity contribution >= 4 is 12.4 Å². The number of rotatable bonds is 5. The predicted octanol–water partition coefficient (Wildman–Crippen LogP) is 2.51. The van der Waals surface area contributed by atoms with Crippen molar-refractivity contribution in [3.8, 4) is 0 Å². The van der Waals surface area contributed by atoms with E-state index >= 15 is 0 Å². The minimum atomic E-state index is 0. The second-order valence-electron chi connectivity index (χ2n) is 4.58. The van der Waals surface area contributed by atoms with E-state index in [0.717, 1.165) is 25.3 Å². The number of aromatic nitrogens is 2. The van der Waals surface area contributed by atoms with E-state index in [1.165, 1.54) is 19.3 Å². The quantitative estimate of drug-likeness (QED) is 0.894. The zero-order valence-electron chi connectivity index (χ0n) is 10.8. The highest BCUT2D eigenvalue weighted by atomic mass is 35.5. The Morgan fingerprint density at radius 1 is 1.44 bits per heavy atom. The van der Waals surface area contributed by atoms with Gasteiger partial charge in [0.15, 0.2) is 0 Å². The van der Waals surface area contributed by atoms with Crippen LogP contribution in [0.2, 0.25) is 0 Å². The summed E-state index contributed by atoms with van der Waals surface area (Å²) >= 11 is 0. The van der Waals surface area contributed by atoms with Gasteiger partial charge in [0.2, 0.25) is 0 Å². The number of hydrogen-bond acceptors (Lipinski definition) is 4. The first-order valence-electron chi connectivity index (χ1n) is 6.47. The Morgan fingerprint density at radius 2 is 2.33 bits per heavy atom. The molecule has 0 aliphatic carbocycles. The molecule has 0 radical (unpaired) electrons. The molecule has 0 saturated carbocycles. The van der Waals surface area contributed by atoms with Gasteiger partial charge in [-0.1, -0.05) is 6.42 Å². The molecule has 1 fully saturated rings. The third kappa shape index (κ3) is 4.88. The molecule has 5 heteroatoms. The first-order valence-corrected chi connectivity index (χ1v) is 6.47. The van der Waals surface area contributed by atoms with Gasteiger partial charge in [0.25, 0.3) is 0 Å². The lowest BCUT2D eigenvalue weighted by Gasteiger charge is -2.23. The number of piperidine rings is 1. The van der Waals surface area contributed by atoms with Crippen LogP contribution in [-0.2, 0) is 4.74 Å². The van der Waals surface area contributed by atoms with Crippen LogP contribution in [-0.4, -0.2) is 29.2 Å². The molecule has 0 bridgehead atoms. The Kier molecular flexibility index (Phi) is 7.16. The Bertz CT molecular complexity index is 317. The van der Waals surface area contributed by atoms with Crippen molar-refractivity contribution in [2.75, 3.05) is 13.2 Å². The lowest BCUT2D eigenvalue weighted by molar-refractivity contribution is 0.0544. The van der Waals surface area contributed by atoms with Gasteiger partial charge in [-0.25, -0.2) is 0 Å². The van der Waals surface area contributed by atoms with E-state index in [4.69, 9.17) is 4.74 Å². The van der Waals surface area contributed by atoms with Crippen LogP contribution in [0.3, 0.4) is 0 Å². The van der Waals surface area contributed by atoms with Crippen LogP contribution in [0.25, 0.3) is 0 Å². The fourth-order valence-corrected chi connectivity index (χ4v) is 2.16. The number of nitrogens with zero attached hydrogens (tertiary/aromatic N) is 2. The summed E-state index contributed by atoms with van der Waals surface area (Å²) in [5, 5.41) is 3.52. The van der Waals surface area contributed by atoms with Crippen molar-refractivity contribution in [2.45, 2.75) is 44.8 Å². The topological polar surface area (TPSA) is 47.0 Å². The molecule has 1 aliphatic rings. The summed E-state index contributed by atoms with van der Waals surface area (Å²) in [6, 6.07) is 0.637. The maximum atomic E-state index is 5.79. The molecule has 2 heterocycles. The second kappa shape index (κ2) is 8.40. The second-order valence-corrected chi connectivity index (χ2v) is 4.58. The van der Waals surface area contributed by atoms with Gasteiger partial charge in [0.05, 0.1) is 18.0 Å². The number of hydrogen-bond donors (Lipinski definition) is 1. The van der Waals surface area contributed by atoms with E-state index in [2.05, 4.69) is 15.3 Å². The summed E-state index contributed by atoms with van der Waals surface area (Å²) in [7, 11) is 0. The Labute approximate surface area is 115 Å². The van der Waals surface area contributed by atoms with Gasteiger partial charge >= 0.3 is 0 Å². The molecule has 1 N–H and O–H groups in total. The van der Waals surface area contributed by atoms with Crippen LogP contribution in [0.5, 0.6) is 0 Å². The fraction of sp³-hybridized carbons (Fsp3) is 0.692. The third-order valence-corrected chi connectivity index (χ3v) is 3.25. The fourth-order valence-electron chi connectivity index (χ4n) is 2.16. The summed E-state index contributed by atoms with van der Waals surface area (Å²) in [5.74, 6) is 0. The average Bonchev–Trinajstić information content (AvgIpc) is 2.41. The molecule has 0 spiro atoms. The molecular weight excluding hydrogens is 250 g/mol. The van der Waals surface area contributed by atoms with Crippen molar-refractivity contribution in [1.82, 2.24) is 15.3 Å². The van der Waals surface area contributed by atoms with E-state index in [9.17, 15) is 0 Å². The van der Waals surface area contributed by atoms with E-state index in [1.807, 2.05) is 6.92 Å². The zero-order chi connectivity index (χ0) is 11.9. The molecule has 1 aromatic rings. The van der Waals surface area contributed by atoms with Gasteiger partial charge in [-0.2, -0.15) is 0 Å². The van der Waals surface area contributed by atoms with Crippen LogP contribution in [0.4, 0.5) is 0 Å². The lowest BCUT2D eigenvalue weighted by Crippen LogP contribution is -2.34. The maximum Gasteiger partial charge on any atom is 0.0982 e. The normalized spacial score (nSPS) is 21.1. The summed E-state index contributed by atoms with van der Waals surface area (Å²) in [6.07, 6.45) is 10.2. The molecule has 2 atom stereocenters. The van der Waals surface area contributed by atoms with Gasteiger partial charge in [0, 0.05) is 25.0 Å². The molecule has 0 amide bonds. The number of halogens is 1. The zero-order valence-corrected chi connectivity index (χ0v) is 11.7. The van der Waals surface area contributed by atoms with Crippen molar-refractivity contribution in [3.63, 3.8) is 0 Å². The molecule has 18 heavy (non-hydrogen) atoms. The third-order valence-electron chi connectivity index (χ3n) is 3.25. The molecule has 1 aliphatic heterocycles. The Balaban J connectivity index is 0.00000162. The van der Waals surface area contributed by atoms with Crippen LogP contribution in [0.15, 0.2) is 18.6 Å². The van der Waals surface area contributed by atoms with Crippen LogP contribution in [0.1, 0.15) is 44.4 Å². The van der Waals surface area contributed by atoms with Crippen molar-refractivity contribution in [3.05, 3.63) is 24.3 Å². The van der Waals surface area contributed by atoms with E-state index < -0.39 is 0 Å². The number of ether oxygens (including phenoxy) is 1. The molecule has 2 rings (SSSR count). The van der Waals surface area contributed by atoms with Gasteiger partial charge in [-0.3, -0.25) is 9.97 Å². The van der Waals surface area contributed by atoms with Crippen molar-refractivity contribution < 1.29 is 4.74 Å². The smallest absolute Gasteiger partial charge is 0.0982 e. The van der Waals surface area contributed by atoms with Crippen LogP contribution < -0.4 is 5.32 Å². The molecule has 102 valence electrons. The van der Waals surface area contributed by atoms with E-state index in [0.29, 0.717) is 6.04 Å². The lowest BCUT2D eigenvalue weighted by atomic mass is 10.0. The summed E-state index contributed by atoms with van der Waals surface area (Å²) in [5.41, 5.74) is 0.907. The molecule has 2 unspecified atom stereocenters. The van der Waals surface area contributed by atoms with Crippen LogP contribution in [0, 0.1) is 0 Å². The summed E-state index contributed by atoms with van der Waals surface area (Å²) in [4.78, 5) is 8.29. The monoisotopic (exact) mass is 271 g/mol. The van der Waals surface area contributed by atoms with Gasteiger partial charge in [0.1, 0.15) is 0 Å². The highest BCUT2D eigenvalue weighted by Crippen LogP contribution is 2.15. The van der Waals surface area contributed by atoms with Crippen molar-refractivity contribution in [2.24, 2.45) is 0 Å². The average molecular weight is 272 g/mol. The minimum absolute atomic E-state index is 0. The molecule has 4 nitrogen and oxygen atoms in total. The largest absolute Gasteiger partial charge is 0.372 e. The molecular formula is C13H22ClN3O. The Hall–Kier alpha value is -0.710. The first-order chi connectivity index (χ1) is 8.36. The van der Waals surface area contributed by atoms with Crippen LogP contribution >= 0.6 is 12.4 Å². The van der Waals surface area contributed by atoms with Gasteiger partial charge in [-0.05, 0) is 32.7 Å². The maximum absolute atomic E-state index is 5.79. The highest BCUT2D eigenvalue weighted by molar-refractivity contribution is 5.85. The van der Waals surface area contributed by atoms with Crippen molar-refractivity contribution in [1.29, 1.82) is 0 Å². The highest BCUT2D eigenvalue weighted by Gasteiger charge is 2.13. The number of nitrogens with one attached hydrogen (secondary N) is 1. The van der Waals surface area contributed by atoms with Gasteiger partial charge in [-0.15, -0.1) is 12.4 Å². The standard InChI is InChI=1S/C13H21N3O.ClH/c1-11(13-10-14-7-8-16-13)17-9-5-12-4-2-3-6-15-12;/h7-8,10-12,15H,2-6,9H2,1H3;1H. The molecule has 0 aromatic carbocycles. The predicted molar refractivity (Wildman–Crippen MR) is 73.9 cm³/mol. The summed E-state index contributed by atoms with van der Waals surface area (Å²) < 4.78 is 5.79. The minimum Gasteiger partial charge on any atom is -0.372 e. The summed E-state index contributed by atoms with van der Waals surface area (Å²) in [6.45, 7) is 3.97. The molecule has 1 aromatic heterocycles.